The zero-order valence-corrected chi connectivity index (χ0v) is 10.8. The highest BCUT2D eigenvalue weighted by atomic mass is 35.5. The lowest BCUT2D eigenvalue weighted by molar-refractivity contribution is -0.137. The van der Waals surface area contributed by atoms with Gasteiger partial charge in [-0.25, -0.2) is 8.78 Å². The first kappa shape index (κ1) is 18.4. The van der Waals surface area contributed by atoms with Crippen molar-refractivity contribution in [1.29, 1.82) is 0 Å². The van der Waals surface area contributed by atoms with Gasteiger partial charge in [-0.3, -0.25) is 0 Å². The molecule has 0 radical (unpaired) electrons. The van der Waals surface area contributed by atoms with Crippen molar-refractivity contribution in [2.24, 2.45) is 5.73 Å². The molecule has 0 unspecified atom stereocenters. The molecule has 0 amide bonds. The Morgan fingerprint density at radius 1 is 1.21 bits per heavy atom. The van der Waals surface area contributed by atoms with Crippen molar-refractivity contribution >= 4 is 24.0 Å². The summed E-state index contributed by atoms with van der Waals surface area (Å²) in [6.45, 7) is -1.51. The number of alkyl halides is 5. The summed E-state index contributed by atoms with van der Waals surface area (Å²) in [6.07, 6.45) is -4.67. The van der Waals surface area contributed by atoms with Gasteiger partial charge in [0.1, 0.15) is 6.61 Å². The van der Waals surface area contributed by atoms with E-state index >= 15 is 0 Å². The lowest BCUT2D eigenvalue weighted by Crippen LogP contribution is -2.36. The van der Waals surface area contributed by atoms with E-state index in [-0.39, 0.29) is 18.0 Å². The molecular weight excluding hydrogens is 316 g/mol. The smallest absolute Gasteiger partial charge is 0.390 e. The lowest BCUT2D eigenvalue weighted by atomic mass is 10.0. The zero-order chi connectivity index (χ0) is 14.1. The molecule has 0 aliphatic rings. The van der Waals surface area contributed by atoms with Gasteiger partial charge in [-0.05, 0) is 17.7 Å². The van der Waals surface area contributed by atoms with E-state index in [1.165, 1.54) is 0 Å². The average molecular weight is 326 g/mol. The molecule has 3 N–H and O–H groups in total. The Morgan fingerprint density at radius 3 is 2.11 bits per heavy atom. The fourth-order valence-corrected chi connectivity index (χ4v) is 1.59. The molecule has 110 valence electrons. The normalized spacial score (nSPS) is 13.9. The largest absolute Gasteiger partial charge is 0.417 e. The van der Waals surface area contributed by atoms with Gasteiger partial charge in [-0.2, -0.15) is 13.2 Å². The molecular formula is C10H10Cl2F5NO. The minimum atomic E-state index is -4.67. The third kappa shape index (κ3) is 4.17. The van der Waals surface area contributed by atoms with E-state index < -0.39 is 35.3 Å². The van der Waals surface area contributed by atoms with Crippen molar-refractivity contribution in [2.75, 3.05) is 6.61 Å². The fraction of sp³-hybridized carbons (Fsp3) is 0.400. The quantitative estimate of drug-likeness (QED) is 0.836. The molecule has 0 aromatic heterocycles. The molecule has 0 saturated carbocycles. The summed E-state index contributed by atoms with van der Waals surface area (Å²) >= 11 is 5.37. The van der Waals surface area contributed by atoms with Crippen LogP contribution >= 0.6 is 24.0 Å². The minimum Gasteiger partial charge on any atom is -0.390 e. The first-order chi connectivity index (χ1) is 8.09. The predicted molar refractivity (Wildman–Crippen MR) is 62.7 cm³/mol. The van der Waals surface area contributed by atoms with E-state index in [0.29, 0.717) is 6.07 Å². The summed E-state index contributed by atoms with van der Waals surface area (Å²) in [6, 6.07) is 0.175. The molecule has 2 nitrogen and oxygen atoms in total. The topological polar surface area (TPSA) is 46.2 Å². The van der Waals surface area contributed by atoms with Crippen molar-refractivity contribution in [3.05, 3.63) is 34.3 Å². The predicted octanol–water partition coefficient (Wildman–Crippen LogP) is 3.41. The third-order valence-electron chi connectivity index (χ3n) is 2.32. The van der Waals surface area contributed by atoms with Gasteiger partial charge in [0.05, 0.1) is 16.6 Å². The summed E-state index contributed by atoms with van der Waals surface area (Å²) in [5.74, 6) is -3.64. The van der Waals surface area contributed by atoms with Crippen LogP contribution < -0.4 is 5.73 Å². The number of hydrogen-bond donors (Lipinski definition) is 2. The van der Waals surface area contributed by atoms with Crippen LogP contribution in [0.2, 0.25) is 5.02 Å². The maximum atomic E-state index is 13.1. The van der Waals surface area contributed by atoms with E-state index in [2.05, 4.69) is 0 Å². The molecule has 0 fully saturated rings. The molecule has 0 spiro atoms. The number of nitrogens with two attached hydrogens (primary N) is 1. The third-order valence-corrected chi connectivity index (χ3v) is 2.64. The standard InChI is InChI=1S/C10H9ClF5NO.ClH/c11-7-3-5(8(17)9(12,13)4-18)1-2-6(7)10(14,15)16;/h1-3,8,18H,4,17H2;1H/t8-;/m0./s1. The molecule has 1 aromatic rings. The average Bonchev–Trinajstić information content (AvgIpc) is 2.26. The number of aliphatic hydroxyl groups excluding tert-OH is 1. The molecule has 0 saturated heterocycles. The summed E-state index contributed by atoms with van der Waals surface area (Å²) in [7, 11) is 0. The van der Waals surface area contributed by atoms with Gasteiger partial charge in [-0.1, -0.05) is 17.7 Å². The second-order valence-electron chi connectivity index (χ2n) is 3.63. The number of hydrogen-bond acceptors (Lipinski definition) is 2. The Labute approximate surface area is 116 Å². The molecule has 1 rings (SSSR count). The Bertz CT molecular complexity index is 438. The van der Waals surface area contributed by atoms with Gasteiger partial charge in [0.15, 0.2) is 0 Å². The second kappa shape index (κ2) is 6.21. The summed E-state index contributed by atoms with van der Waals surface area (Å²) < 4.78 is 63.2. The maximum absolute atomic E-state index is 13.1. The highest BCUT2D eigenvalue weighted by Gasteiger charge is 2.39. The minimum absolute atomic E-state index is 0. The maximum Gasteiger partial charge on any atom is 0.417 e. The molecule has 0 aliphatic carbocycles. The van der Waals surface area contributed by atoms with Crippen LogP contribution in [-0.4, -0.2) is 17.6 Å². The van der Waals surface area contributed by atoms with Crippen molar-refractivity contribution in [3.8, 4) is 0 Å². The molecule has 19 heavy (non-hydrogen) atoms. The number of halogens is 7. The first-order valence-corrected chi connectivity index (χ1v) is 5.08. The van der Waals surface area contributed by atoms with E-state index in [0.717, 1.165) is 12.1 Å². The highest BCUT2D eigenvalue weighted by molar-refractivity contribution is 6.31. The van der Waals surface area contributed by atoms with Crippen LogP contribution in [0, 0.1) is 0 Å². The molecule has 1 aromatic carbocycles. The highest BCUT2D eigenvalue weighted by Crippen LogP contribution is 2.37. The van der Waals surface area contributed by atoms with Crippen LogP contribution in [0.25, 0.3) is 0 Å². The van der Waals surface area contributed by atoms with Gasteiger partial charge < -0.3 is 10.8 Å². The molecule has 0 heterocycles. The van der Waals surface area contributed by atoms with Crippen LogP contribution in [0.15, 0.2) is 18.2 Å². The lowest BCUT2D eigenvalue weighted by Gasteiger charge is -2.22. The summed E-state index contributed by atoms with van der Waals surface area (Å²) in [5, 5.41) is 7.72. The zero-order valence-electron chi connectivity index (χ0n) is 9.22. The Kier molecular flexibility index (Phi) is 6.01. The van der Waals surface area contributed by atoms with Gasteiger partial charge in [0, 0.05) is 0 Å². The van der Waals surface area contributed by atoms with Crippen LogP contribution in [0.1, 0.15) is 17.2 Å². The molecule has 1 atom stereocenters. The number of aliphatic hydroxyl groups is 1. The van der Waals surface area contributed by atoms with E-state index in [1.807, 2.05) is 0 Å². The van der Waals surface area contributed by atoms with Gasteiger partial charge in [-0.15, -0.1) is 12.4 Å². The van der Waals surface area contributed by atoms with Gasteiger partial charge >= 0.3 is 6.18 Å². The van der Waals surface area contributed by atoms with Crippen molar-refractivity contribution in [3.63, 3.8) is 0 Å². The SMILES string of the molecule is Cl.N[C@@H](c1ccc(C(F)(F)F)c(Cl)c1)C(F)(F)CO. The van der Waals surface area contributed by atoms with Crippen molar-refractivity contribution in [2.45, 2.75) is 18.1 Å². The van der Waals surface area contributed by atoms with E-state index in [4.69, 9.17) is 22.4 Å². The van der Waals surface area contributed by atoms with E-state index in [9.17, 15) is 22.0 Å². The second-order valence-corrected chi connectivity index (χ2v) is 4.04. The van der Waals surface area contributed by atoms with Crippen LogP contribution in [0.3, 0.4) is 0 Å². The Morgan fingerprint density at radius 2 is 1.74 bits per heavy atom. The monoisotopic (exact) mass is 325 g/mol. The summed E-state index contributed by atoms with van der Waals surface area (Å²) in [4.78, 5) is 0. The van der Waals surface area contributed by atoms with Crippen LogP contribution in [-0.2, 0) is 6.18 Å². The van der Waals surface area contributed by atoms with Crippen molar-refractivity contribution < 1.29 is 27.1 Å². The van der Waals surface area contributed by atoms with E-state index in [1.54, 1.807) is 0 Å². The van der Waals surface area contributed by atoms with Crippen LogP contribution in [0.4, 0.5) is 22.0 Å². The fourth-order valence-electron chi connectivity index (χ4n) is 1.30. The van der Waals surface area contributed by atoms with Gasteiger partial charge in [0.2, 0.25) is 0 Å². The number of rotatable bonds is 3. The van der Waals surface area contributed by atoms with Crippen LogP contribution in [0.5, 0.6) is 0 Å². The Balaban J connectivity index is 0.00000324. The summed E-state index contributed by atoms with van der Waals surface area (Å²) in [5.41, 5.74) is 3.74. The molecule has 0 aliphatic heterocycles. The molecule has 9 heteroatoms. The van der Waals surface area contributed by atoms with Gasteiger partial charge in [0.25, 0.3) is 5.92 Å². The van der Waals surface area contributed by atoms with Crippen molar-refractivity contribution in [1.82, 2.24) is 0 Å². The first-order valence-electron chi connectivity index (χ1n) is 4.70. The molecule has 0 bridgehead atoms. The Hall–Kier alpha value is -0.630. The number of benzene rings is 1.